The van der Waals surface area contributed by atoms with Gasteiger partial charge in [0.25, 0.3) is 0 Å². The van der Waals surface area contributed by atoms with E-state index in [1.165, 1.54) is 28.7 Å². The molecule has 0 amide bonds. The van der Waals surface area contributed by atoms with Crippen molar-refractivity contribution in [2.24, 2.45) is 0 Å². The molecular weight excluding hydrogens is 271 g/mol. The van der Waals surface area contributed by atoms with Gasteiger partial charge in [-0.15, -0.1) is 0 Å². The number of rotatable bonds is 4. The minimum Gasteiger partial charge on any atom is -0.207 e. The summed E-state index contributed by atoms with van der Waals surface area (Å²) in [4.78, 5) is 0. The Bertz CT molecular complexity index is 693. The summed E-state index contributed by atoms with van der Waals surface area (Å²) in [7, 11) is 0. The summed E-state index contributed by atoms with van der Waals surface area (Å²) in [5, 5.41) is 0. The maximum atomic E-state index is 14.0. The van der Waals surface area contributed by atoms with E-state index in [-0.39, 0.29) is 5.82 Å². The van der Waals surface area contributed by atoms with E-state index >= 15 is 0 Å². The molecule has 0 spiro atoms. The lowest BCUT2D eigenvalue weighted by Gasteiger charge is -2.18. The first-order chi connectivity index (χ1) is 10.7. The Hall–Kier alpha value is -1.89. The van der Waals surface area contributed by atoms with Gasteiger partial charge in [0.05, 0.1) is 0 Å². The maximum absolute atomic E-state index is 14.0. The molecular formula is C21H23F. The van der Waals surface area contributed by atoms with Crippen molar-refractivity contribution in [2.75, 3.05) is 0 Å². The molecule has 0 unspecified atom stereocenters. The van der Waals surface area contributed by atoms with Gasteiger partial charge < -0.3 is 0 Å². The van der Waals surface area contributed by atoms with Crippen LogP contribution in [-0.2, 0) is 19.3 Å². The molecule has 0 N–H and O–H groups in total. The monoisotopic (exact) mass is 294 g/mol. The van der Waals surface area contributed by atoms with Crippen LogP contribution in [-0.4, -0.2) is 0 Å². The highest BCUT2D eigenvalue weighted by molar-refractivity contribution is 5.84. The topological polar surface area (TPSA) is 0 Å². The third-order valence-corrected chi connectivity index (χ3v) is 4.55. The first-order valence-corrected chi connectivity index (χ1v) is 8.32. The van der Waals surface area contributed by atoms with Crippen LogP contribution in [0.15, 0.2) is 36.4 Å². The summed E-state index contributed by atoms with van der Waals surface area (Å²) in [6, 6.07) is 12.6. The third kappa shape index (κ3) is 2.99. The van der Waals surface area contributed by atoms with Crippen LogP contribution in [0.1, 0.15) is 54.5 Å². The van der Waals surface area contributed by atoms with Crippen LogP contribution in [0.4, 0.5) is 4.39 Å². The van der Waals surface area contributed by atoms with Crippen LogP contribution in [0, 0.1) is 5.82 Å². The molecule has 0 fully saturated rings. The minimum absolute atomic E-state index is 0.0722. The molecule has 1 heteroatoms. The summed E-state index contributed by atoms with van der Waals surface area (Å²) < 4.78 is 14.0. The molecule has 3 rings (SSSR count). The Labute approximate surface area is 132 Å². The van der Waals surface area contributed by atoms with E-state index in [9.17, 15) is 4.39 Å². The molecule has 2 aromatic carbocycles. The van der Waals surface area contributed by atoms with Crippen LogP contribution < -0.4 is 0 Å². The fourth-order valence-corrected chi connectivity index (χ4v) is 3.24. The molecule has 0 heterocycles. The second-order valence-electron chi connectivity index (χ2n) is 6.11. The van der Waals surface area contributed by atoms with Crippen molar-refractivity contribution >= 4 is 11.6 Å². The molecule has 0 atom stereocenters. The van der Waals surface area contributed by atoms with Gasteiger partial charge in [-0.25, -0.2) is 4.39 Å². The molecule has 0 saturated heterocycles. The fourth-order valence-electron chi connectivity index (χ4n) is 3.24. The average Bonchev–Trinajstić information content (AvgIpc) is 2.54. The highest BCUT2D eigenvalue weighted by atomic mass is 19.1. The number of hydrogen-bond donors (Lipinski definition) is 0. The molecule has 2 aromatic rings. The van der Waals surface area contributed by atoms with Crippen molar-refractivity contribution < 1.29 is 4.39 Å². The van der Waals surface area contributed by atoms with Crippen LogP contribution in [0.3, 0.4) is 0 Å². The first-order valence-electron chi connectivity index (χ1n) is 8.32. The zero-order valence-electron chi connectivity index (χ0n) is 13.5. The van der Waals surface area contributed by atoms with Gasteiger partial charge in [0.1, 0.15) is 5.82 Å². The lowest BCUT2D eigenvalue weighted by Crippen LogP contribution is -2.02. The molecule has 0 saturated carbocycles. The van der Waals surface area contributed by atoms with E-state index in [4.69, 9.17) is 0 Å². The average molecular weight is 294 g/mol. The summed E-state index contributed by atoms with van der Waals surface area (Å²) in [6.45, 7) is 4.21. The van der Waals surface area contributed by atoms with Gasteiger partial charge in [-0.1, -0.05) is 56.7 Å². The van der Waals surface area contributed by atoms with Gasteiger partial charge in [-0.3, -0.25) is 0 Å². The second-order valence-corrected chi connectivity index (χ2v) is 6.11. The fraction of sp³-hybridized carbons (Fsp3) is 0.333. The Morgan fingerprint density at radius 1 is 1.00 bits per heavy atom. The Balaban J connectivity index is 1.91. The number of hydrogen-bond acceptors (Lipinski definition) is 0. The quantitative estimate of drug-likeness (QED) is 0.665. The van der Waals surface area contributed by atoms with Gasteiger partial charge in [0.15, 0.2) is 0 Å². The van der Waals surface area contributed by atoms with E-state index < -0.39 is 0 Å². The number of aryl methyl sites for hydroxylation is 3. The molecule has 0 bridgehead atoms. The Kier molecular flexibility index (Phi) is 4.42. The number of benzene rings is 2. The van der Waals surface area contributed by atoms with Crippen molar-refractivity contribution in [2.45, 2.75) is 46.0 Å². The van der Waals surface area contributed by atoms with E-state index in [1.807, 2.05) is 13.0 Å². The zero-order chi connectivity index (χ0) is 15.5. The van der Waals surface area contributed by atoms with Gasteiger partial charge in [0, 0.05) is 0 Å². The number of fused-ring (bicyclic) bond motifs is 1. The normalized spacial score (nSPS) is 13.7. The summed E-state index contributed by atoms with van der Waals surface area (Å²) in [5.41, 5.74) is 7.14. The highest BCUT2D eigenvalue weighted by Crippen LogP contribution is 2.32. The Morgan fingerprint density at radius 2 is 1.77 bits per heavy atom. The van der Waals surface area contributed by atoms with Crippen LogP contribution >= 0.6 is 0 Å². The lowest BCUT2D eigenvalue weighted by atomic mass is 9.87. The molecule has 1 aliphatic rings. The smallest absolute Gasteiger partial charge is 0.127 e. The van der Waals surface area contributed by atoms with Crippen molar-refractivity contribution in [3.05, 3.63) is 70.0 Å². The van der Waals surface area contributed by atoms with Gasteiger partial charge in [0.2, 0.25) is 0 Å². The third-order valence-electron chi connectivity index (χ3n) is 4.55. The SMILES string of the molecule is CCCc1ccc(C2=Cc3cc(F)c(CC)cc3CC2)cc1. The molecule has 1 aliphatic carbocycles. The van der Waals surface area contributed by atoms with Gasteiger partial charge in [-0.05, 0) is 65.1 Å². The zero-order valence-corrected chi connectivity index (χ0v) is 13.5. The predicted molar refractivity (Wildman–Crippen MR) is 92.4 cm³/mol. The molecule has 0 nitrogen and oxygen atoms in total. The number of allylic oxidation sites excluding steroid dienone is 1. The Morgan fingerprint density at radius 3 is 2.45 bits per heavy atom. The molecule has 0 aliphatic heterocycles. The molecule has 114 valence electrons. The largest absolute Gasteiger partial charge is 0.207 e. The summed E-state index contributed by atoms with van der Waals surface area (Å²) in [6.07, 6.45) is 7.27. The molecule has 22 heavy (non-hydrogen) atoms. The standard InChI is InChI=1S/C21H23F/c1-3-5-15-6-8-17(9-7-15)18-10-11-19-12-16(4-2)21(22)14-20(19)13-18/h6-9,12-14H,3-5,10-11H2,1-2H3. The van der Waals surface area contributed by atoms with E-state index in [0.717, 1.165) is 36.8 Å². The molecule has 0 aromatic heterocycles. The van der Waals surface area contributed by atoms with E-state index in [2.05, 4.69) is 37.3 Å². The molecule has 0 radical (unpaired) electrons. The summed E-state index contributed by atoms with van der Waals surface area (Å²) >= 11 is 0. The van der Waals surface area contributed by atoms with Crippen molar-refractivity contribution in [1.29, 1.82) is 0 Å². The van der Waals surface area contributed by atoms with Crippen molar-refractivity contribution in [3.8, 4) is 0 Å². The maximum Gasteiger partial charge on any atom is 0.127 e. The van der Waals surface area contributed by atoms with Crippen LogP contribution in [0.5, 0.6) is 0 Å². The van der Waals surface area contributed by atoms with E-state index in [1.54, 1.807) is 6.07 Å². The second kappa shape index (κ2) is 6.48. The first kappa shape index (κ1) is 15.0. The van der Waals surface area contributed by atoms with Crippen LogP contribution in [0.25, 0.3) is 11.6 Å². The van der Waals surface area contributed by atoms with Crippen molar-refractivity contribution in [3.63, 3.8) is 0 Å². The van der Waals surface area contributed by atoms with E-state index in [0.29, 0.717) is 0 Å². The van der Waals surface area contributed by atoms with Gasteiger partial charge >= 0.3 is 0 Å². The lowest BCUT2D eigenvalue weighted by molar-refractivity contribution is 0.610. The van der Waals surface area contributed by atoms with Crippen molar-refractivity contribution in [1.82, 2.24) is 0 Å². The summed E-state index contributed by atoms with van der Waals surface area (Å²) in [5.74, 6) is -0.0722. The van der Waals surface area contributed by atoms with Gasteiger partial charge in [-0.2, -0.15) is 0 Å². The number of halogens is 1. The van der Waals surface area contributed by atoms with Crippen LogP contribution in [0.2, 0.25) is 0 Å². The minimum atomic E-state index is -0.0722. The predicted octanol–water partition coefficient (Wildman–Crippen LogP) is 5.83. The highest BCUT2D eigenvalue weighted by Gasteiger charge is 2.14.